The highest BCUT2D eigenvalue weighted by Crippen LogP contribution is 2.27. The maximum Gasteiger partial charge on any atom is 0.120 e. The monoisotopic (exact) mass is 382 g/mol. The van der Waals surface area contributed by atoms with E-state index >= 15 is 0 Å². The van der Waals surface area contributed by atoms with E-state index < -0.39 is 0 Å². The van der Waals surface area contributed by atoms with E-state index in [4.69, 9.17) is 4.74 Å². The normalized spacial score (nSPS) is 15.6. The molecule has 0 saturated carbocycles. The van der Waals surface area contributed by atoms with Crippen molar-refractivity contribution >= 4 is 24.8 Å². The number of piperazine rings is 1. The molecule has 5 heteroatoms. The summed E-state index contributed by atoms with van der Waals surface area (Å²) in [7, 11) is 0. The first-order valence-corrected chi connectivity index (χ1v) is 8.58. The fourth-order valence-corrected chi connectivity index (χ4v) is 3.25. The molecule has 1 heterocycles. The van der Waals surface area contributed by atoms with Gasteiger partial charge >= 0.3 is 0 Å². The first-order valence-electron chi connectivity index (χ1n) is 8.58. The largest absolute Gasteiger partial charge is 0.489 e. The van der Waals surface area contributed by atoms with Gasteiger partial charge in [0.05, 0.1) is 0 Å². The molecule has 1 saturated heterocycles. The van der Waals surface area contributed by atoms with E-state index in [0.717, 1.165) is 38.3 Å². The van der Waals surface area contributed by atoms with E-state index in [1.54, 1.807) is 0 Å². The minimum absolute atomic E-state index is 0. The number of benzene rings is 2. The van der Waals surface area contributed by atoms with Gasteiger partial charge in [-0.15, -0.1) is 24.8 Å². The van der Waals surface area contributed by atoms with Gasteiger partial charge < -0.3 is 10.1 Å². The number of hydrogen-bond acceptors (Lipinski definition) is 3. The van der Waals surface area contributed by atoms with E-state index in [1.165, 1.54) is 11.1 Å². The van der Waals surface area contributed by atoms with Crippen LogP contribution < -0.4 is 10.1 Å². The van der Waals surface area contributed by atoms with Crippen LogP contribution in [0.4, 0.5) is 0 Å². The Morgan fingerprint density at radius 1 is 1.00 bits per heavy atom. The lowest BCUT2D eigenvalue weighted by molar-refractivity contribution is 0.169. The first kappa shape index (κ1) is 21.8. The molecule has 138 valence electrons. The highest BCUT2D eigenvalue weighted by Gasteiger charge is 2.20. The molecule has 0 aliphatic carbocycles. The van der Waals surface area contributed by atoms with Crippen LogP contribution in [0.5, 0.6) is 5.75 Å². The Morgan fingerprint density at radius 2 is 1.72 bits per heavy atom. The molecular weight excluding hydrogens is 355 g/mol. The predicted molar refractivity (Wildman–Crippen MR) is 109 cm³/mol. The number of nitrogens with one attached hydrogen (secondary N) is 1. The second kappa shape index (κ2) is 11.4. The van der Waals surface area contributed by atoms with Crippen LogP contribution in [0.3, 0.4) is 0 Å². The SMILES string of the molecule is CC[C@H](c1cccc(OCc2ccccc2)c1)N1CCNCC1.Cl.Cl. The Morgan fingerprint density at radius 3 is 2.40 bits per heavy atom. The Bertz CT molecular complexity index is 604. The number of rotatable bonds is 6. The molecule has 1 aliphatic rings. The van der Waals surface area contributed by atoms with Crippen LogP contribution >= 0.6 is 24.8 Å². The Balaban J connectivity index is 0.00000156. The zero-order valence-corrected chi connectivity index (χ0v) is 16.3. The molecular formula is C20H28Cl2N2O. The van der Waals surface area contributed by atoms with Gasteiger partial charge in [0.15, 0.2) is 0 Å². The number of halogens is 2. The van der Waals surface area contributed by atoms with Crippen LogP contribution in [-0.4, -0.2) is 31.1 Å². The quantitative estimate of drug-likeness (QED) is 0.797. The van der Waals surface area contributed by atoms with E-state index in [-0.39, 0.29) is 24.8 Å². The van der Waals surface area contributed by atoms with Crippen molar-refractivity contribution in [2.24, 2.45) is 0 Å². The van der Waals surface area contributed by atoms with Crippen molar-refractivity contribution in [2.75, 3.05) is 26.2 Å². The third-order valence-corrected chi connectivity index (χ3v) is 4.47. The smallest absolute Gasteiger partial charge is 0.120 e. The van der Waals surface area contributed by atoms with Gasteiger partial charge in [-0.05, 0) is 29.7 Å². The van der Waals surface area contributed by atoms with Gasteiger partial charge in [0, 0.05) is 32.2 Å². The molecule has 1 fully saturated rings. The standard InChI is InChI=1S/C20H26N2O.2ClH/c1-2-20(22-13-11-21-12-14-22)18-9-6-10-19(15-18)23-16-17-7-4-3-5-8-17;;/h3-10,15,20-21H,2,11-14,16H2,1H3;2*1H/t20-;;/m1../s1. The van der Waals surface area contributed by atoms with Gasteiger partial charge in [0.2, 0.25) is 0 Å². The van der Waals surface area contributed by atoms with Crippen LogP contribution in [-0.2, 0) is 6.61 Å². The zero-order chi connectivity index (χ0) is 15.9. The van der Waals surface area contributed by atoms with Crippen molar-refractivity contribution in [3.8, 4) is 5.75 Å². The highest BCUT2D eigenvalue weighted by atomic mass is 35.5. The third-order valence-electron chi connectivity index (χ3n) is 4.47. The molecule has 0 bridgehead atoms. The predicted octanol–water partition coefficient (Wildman–Crippen LogP) is 4.47. The lowest BCUT2D eigenvalue weighted by atomic mass is 10.0. The molecule has 0 amide bonds. The van der Waals surface area contributed by atoms with E-state index in [9.17, 15) is 0 Å². The molecule has 0 spiro atoms. The van der Waals surface area contributed by atoms with Gasteiger partial charge in [-0.1, -0.05) is 49.4 Å². The maximum atomic E-state index is 5.98. The summed E-state index contributed by atoms with van der Waals surface area (Å²) in [6, 6.07) is 19.4. The summed E-state index contributed by atoms with van der Waals surface area (Å²) in [6.45, 7) is 7.29. The van der Waals surface area contributed by atoms with Crippen LogP contribution in [0.2, 0.25) is 0 Å². The summed E-state index contributed by atoms with van der Waals surface area (Å²) in [5.74, 6) is 0.958. The second-order valence-corrected chi connectivity index (χ2v) is 6.06. The minimum atomic E-state index is 0. The Labute approximate surface area is 163 Å². The molecule has 25 heavy (non-hydrogen) atoms. The molecule has 0 aromatic heterocycles. The first-order chi connectivity index (χ1) is 11.4. The Kier molecular flexibility index (Phi) is 9.91. The van der Waals surface area contributed by atoms with Gasteiger partial charge in [-0.25, -0.2) is 0 Å². The number of nitrogens with zero attached hydrogens (tertiary/aromatic N) is 1. The van der Waals surface area contributed by atoms with Crippen LogP contribution in [0.15, 0.2) is 54.6 Å². The van der Waals surface area contributed by atoms with Gasteiger partial charge in [-0.3, -0.25) is 4.90 Å². The molecule has 1 atom stereocenters. The Hall–Kier alpha value is -1.26. The van der Waals surface area contributed by atoms with E-state index in [2.05, 4.69) is 53.5 Å². The van der Waals surface area contributed by atoms with Crippen molar-refractivity contribution in [3.63, 3.8) is 0 Å². The van der Waals surface area contributed by atoms with E-state index in [0.29, 0.717) is 12.6 Å². The number of ether oxygens (including phenoxy) is 1. The molecule has 1 N–H and O–H groups in total. The molecule has 1 aliphatic heterocycles. The summed E-state index contributed by atoms with van der Waals surface area (Å²) < 4.78 is 5.98. The fourth-order valence-electron chi connectivity index (χ4n) is 3.25. The van der Waals surface area contributed by atoms with Gasteiger partial charge in [0.25, 0.3) is 0 Å². The molecule has 0 radical (unpaired) electrons. The number of hydrogen-bond donors (Lipinski definition) is 1. The summed E-state index contributed by atoms with van der Waals surface area (Å²) in [6.07, 6.45) is 1.13. The van der Waals surface area contributed by atoms with Crippen LogP contribution in [0.1, 0.15) is 30.5 Å². The van der Waals surface area contributed by atoms with Gasteiger partial charge in [-0.2, -0.15) is 0 Å². The molecule has 0 unspecified atom stereocenters. The summed E-state index contributed by atoms with van der Waals surface area (Å²) >= 11 is 0. The van der Waals surface area contributed by atoms with Crippen molar-refractivity contribution < 1.29 is 4.74 Å². The third kappa shape index (κ3) is 6.19. The topological polar surface area (TPSA) is 24.5 Å². The van der Waals surface area contributed by atoms with E-state index in [1.807, 2.05) is 18.2 Å². The second-order valence-electron chi connectivity index (χ2n) is 6.06. The van der Waals surface area contributed by atoms with Crippen molar-refractivity contribution in [1.29, 1.82) is 0 Å². The fraction of sp³-hybridized carbons (Fsp3) is 0.400. The van der Waals surface area contributed by atoms with Crippen LogP contribution in [0, 0.1) is 0 Å². The summed E-state index contributed by atoms with van der Waals surface area (Å²) in [5.41, 5.74) is 2.56. The maximum absolute atomic E-state index is 5.98. The van der Waals surface area contributed by atoms with Crippen molar-refractivity contribution in [1.82, 2.24) is 10.2 Å². The average molecular weight is 383 g/mol. The summed E-state index contributed by atoms with van der Waals surface area (Å²) in [4.78, 5) is 2.58. The lowest BCUT2D eigenvalue weighted by Gasteiger charge is -2.34. The van der Waals surface area contributed by atoms with Crippen molar-refractivity contribution in [2.45, 2.75) is 26.0 Å². The van der Waals surface area contributed by atoms with Crippen LogP contribution in [0.25, 0.3) is 0 Å². The zero-order valence-electron chi connectivity index (χ0n) is 14.7. The molecule has 2 aromatic carbocycles. The highest BCUT2D eigenvalue weighted by molar-refractivity contribution is 5.85. The van der Waals surface area contributed by atoms with Gasteiger partial charge in [0.1, 0.15) is 12.4 Å². The average Bonchev–Trinajstić information content (AvgIpc) is 2.63. The summed E-state index contributed by atoms with van der Waals surface area (Å²) in [5, 5.41) is 3.43. The molecule has 3 nitrogen and oxygen atoms in total. The minimum Gasteiger partial charge on any atom is -0.489 e. The van der Waals surface area contributed by atoms with Crippen molar-refractivity contribution in [3.05, 3.63) is 65.7 Å². The molecule has 2 aromatic rings. The molecule has 3 rings (SSSR count). The lowest BCUT2D eigenvalue weighted by Crippen LogP contribution is -2.45.